The molecule has 2 heterocycles. The minimum atomic E-state index is -1.04. The van der Waals surface area contributed by atoms with Gasteiger partial charge in [-0.15, -0.1) is 0 Å². The summed E-state index contributed by atoms with van der Waals surface area (Å²) in [4.78, 5) is 36.3. The molecule has 1 aromatic heterocycles. The Balaban J connectivity index is 1.40. The fraction of sp³-hybridized carbons (Fsp3) is 0.179. The van der Waals surface area contributed by atoms with Crippen molar-refractivity contribution in [2.75, 3.05) is 13.2 Å². The van der Waals surface area contributed by atoms with Crippen molar-refractivity contribution in [3.63, 3.8) is 0 Å². The van der Waals surface area contributed by atoms with Crippen molar-refractivity contribution in [2.45, 2.75) is 19.9 Å². The molecule has 2 aromatic carbocycles. The van der Waals surface area contributed by atoms with Crippen molar-refractivity contribution in [1.29, 1.82) is 0 Å². The van der Waals surface area contributed by atoms with Gasteiger partial charge in [0.15, 0.2) is 11.7 Å². The third kappa shape index (κ3) is 6.72. The third-order valence-electron chi connectivity index (χ3n) is 5.76. The molecular weight excluding hydrogens is 536 g/mol. The molecule has 0 bridgehead atoms. The molecule has 0 saturated heterocycles. The molecule has 4 N–H and O–H groups in total. The number of rotatable bonds is 10. The van der Waals surface area contributed by atoms with Gasteiger partial charge in [-0.1, -0.05) is 30.3 Å². The highest BCUT2D eigenvalue weighted by atomic mass is 32.1. The average Bonchev–Trinajstić information content (AvgIpc) is 3.41. The molecule has 0 radical (unpaired) electrons. The monoisotopic (exact) mass is 562 g/mol. The van der Waals surface area contributed by atoms with Crippen molar-refractivity contribution in [2.24, 2.45) is 5.10 Å². The van der Waals surface area contributed by atoms with Crippen LogP contribution in [0.15, 0.2) is 81.5 Å². The van der Waals surface area contributed by atoms with Gasteiger partial charge >= 0.3 is 11.9 Å². The number of hydrazone groups is 1. The molecule has 0 unspecified atom stereocenters. The first kappa shape index (κ1) is 28.0. The molecule has 0 fully saturated rings. The minimum Gasteiger partial charge on any atom is -0.483 e. The number of carboxylic acid groups (broad SMARTS) is 1. The van der Waals surface area contributed by atoms with Gasteiger partial charge in [-0.3, -0.25) is 4.79 Å². The first-order valence-electron chi connectivity index (χ1n) is 12.2. The molecule has 1 aliphatic rings. The van der Waals surface area contributed by atoms with Crippen molar-refractivity contribution in [3.05, 3.63) is 88.8 Å². The Morgan fingerprint density at radius 2 is 1.95 bits per heavy atom. The number of nitrogens with zero attached hydrogens (tertiary/aromatic N) is 1. The van der Waals surface area contributed by atoms with Crippen LogP contribution >= 0.6 is 12.2 Å². The second-order valence-corrected chi connectivity index (χ2v) is 8.91. The van der Waals surface area contributed by atoms with Crippen LogP contribution in [0.5, 0.6) is 5.75 Å². The largest absolute Gasteiger partial charge is 0.483 e. The van der Waals surface area contributed by atoms with Crippen molar-refractivity contribution in [3.8, 4) is 17.1 Å². The predicted molar refractivity (Wildman–Crippen MR) is 150 cm³/mol. The van der Waals surface area contributed by atoms with E-state index in [0.717, 1.165) is 0 Å². The maximum Gasteiger partial charge on any atom is 0.338 e. The van der Waals surface area contributed by atoms with Crippen LogP contribution in [-0.4, -0.2) is 47.5 Å². The highest BCUT2D eigenvalue weighted by molar-refractivity contribution is 7.80. The van der Waals surface area contributed by atoms with Gasteiger partial charge in [-0.05, 0) is 56.4 Å². The zero-order chi connectivity index (χ0) is 28.6. The maximum atomic E-state index is 12.7. The SMILES string of the molecule is CCOC(=O)C1=C(C)NC(=S)N[C@H]1c1ccccc1OCC(=O)NN=Cc1ccc(-c2cccc(C(=O)O)c2)o1. The number of amides is 1. The molecule has 4 rings (SSSR count). The topological polar surface area (TPSA) is 151 Å². The smallest absolute Gasteiger partial charge is 0.338 e. The Bertz CT molecular complexity index is 1510. The van der Waals surface area contributed by atoms with E-state index in [4.69, 9.17) is 31.2 Å². The lowest BCUT2D eigenvalue weighted by atomic mass is 9.95. The van der Waals surface area contributed by atoms with Crippen LogP contribution in [0.25, 0.3) is 11.3 Å². The Morgan fingerprint density at radius 3 is 2.73 bits per heavy atom. The van der Waals surface area contributed by atoms with Crippen LogP contribution in [-0.2, 0) is 14.3 Å². The van der Waals surface area contributed by atoms with Gasteiger partial charge in [0, 0.05) is 16.8 Å². The molecule has 1 amide bonds. The summed E-state index contributed by atoms with van der Waals surface area (Å²) in [5, 5.41) is 19.4. The number of benzene rings is 2. The van der Waals surface area contributed by atoms with E-state index in [0.29, 0.717) is 44.8 Å². The van der Waals surface area contributed by atoms with Crippen LogP contribution < -0.4 is 20.8 Å². The zero-order valence-electron chi connectivity index (χ0n) is 21.6. The summed E-state index contributed by atoms with van der Waals surface area (Å²) < 4.78 is 16.7. The number of para-hydroxylation sites is 1. The lowest BCUT2D eigenvalue weighted by Crippen LogP contribution is -2.45. The van der Waals surface area contributed by atoms with Gasteiger partial charge in [0.05, 0.1) is 30.0 Å². The quantitative estimate of drug-likeness (QED) is 0.125. The summed E-state index contributed by atoms with van der Waals surface area (Å²) in [7, 11) is 0. The predicted octanol–water partition coefficient (Wildman–Crippen LogP) is 3.53. The summed E-state index contributed by atoms with van der Waals surface area (Å²) >= 11 is 5.29. The normalized spacial score (nSPS) is 14.8. The summed E-state index contributed by atoms with van der Waals surface area (Å²) in [6, 6.07) is 16.0. The molecular formula is C28H26N4O7S. The van der Waals surface area contributed by atoms with E-state index in [-0.39, 0.29) is 18.8 Å². The number of carboxylic acids is 1. The molecule has 11 nitrogen and oxygen atoms in total. The number of ether oxygens (including phenoxy) is 2. The Labute approximate surface area is 234 Å². The van der Waals surface area contributed by atoms with Gasteiger partial charge in [0.2, 0.25) is 0 Å². The van der Waals surface area contributed by atoms with E-state index >= 15 is 0 Å². The van der Waals surface area contributed by atoms with Crippen LogP contribution in [0.2, 0.25) is 0 Å². The molecule has 3 aromatic rings. The Morgan fingerprint density at radius 1 is 1.15 bits per heavy atom. The molecule has 12 heteroatoms. The number of esters is 1. The number of aromatic carboxylic acids is 1. The third-order valence-corrected chi connectivity index (χ3v) is 5.98. The van der Waals surface area contributed by atoms with E-state index in [1.54, 1.807) is 62.4 Å². The van der Waals surface area contributed by atoms with Gasteiger partial charge in [-0.25, -0.2) is 15.0 Å². The second kappa shape index (κ2) is 12.7. The summed E-state index contributed by atoms with van der Waals surface area (Å²) in [6.07, 6.45) is 1.31. The minimum absolute atomic E-state index is 0.139. The summed E-state index contributed by atoms with van der Waals surface area (Å²) in [5.41, 5.74) is 4.61. The molecule has 1 atom stereocenters. The lowest BCUT2D eigenvalue weighted by molar-refractivity contribution is -0.139. The van der Waals surface area contributed by atoms with Gasteiger partial charge in [0.1, 0.15) is 17.3 Å². The van der Waals surface area contributed by atoms with Crippen molar-refractivity contribution >= 4 is 41.4 Å². The lowest BCUT2D eigenvalue weighted by Gasteiger charge is -2.30. The van der Waals surface area contributed by atoms with E-state index in [1.165, 1.54) is 18.3 Å². The highest BCUT2D eigenvalue weighted by Crippen LogP contribution is 2.33. The fourth-order valence-electron chi connectivity index (χ4n) is 3.98. The van der Waals surface area contributed by atoms with Crippen molar-refractivity contribution in [1.82, 2.24) is 16.1 Å². The van der Waals surface area contributed by atoms with Gasteiger partial charge < -0.3 is 29.6 Å². The van der Waals surface area contributed by atoms with Crippen molar-refractivity contribution < 1.29 is 33.4 Å². The molecule has 40 heavy (non-hydrogen) atoms. The zero-order valence-corrected chi connectivity index (χ0v) is 22.4. The second-order valence-electron chi connectivity index (χ2n) is 8.50. The number of allylic oxidation sites excluding steroid dienone is 1. The van der Waals surface area contributed by atoms with Crippen LogP contribution in [0.1, 0.15) is 41.6 Å². The number of hydrogen-bond donors (Lipinski definition) is 4. The molecule has 1 aliphatic heterocycles. The summed E-state index contributed by atoms with van der Waals surface area (Å²) in [6.45, 7) is 3.31. The number of nitrogens with one attached hydrogen (secondary N) is 3. The van der Waals surface area contributed by atoms with Crippen LogP contribution in [0.4, 0.5) is 0 Å². The number of carbonyl (C=O) groups is 3. The van der Waals surface area contributed by atoms with E-state index in [9.17, 15) is 14.4 Å². The number of furan rings is 1. The Hall–Kier alpha value is -4.97. The van der Waals surface area contributed by atoms with E-state index in [1.807, 2.05) is 0 Å². The maximum absolute atomic E-state index is 12.7. The standard InChI is InChI=1S/C28H26N4O7S/c1-3-37-27(36)24-16(2)30-28(40)31-25(24)20-9-4-5-10-22(20)38-15-23(33)32-29-14-19-11-12-21(39-19)17-7-6-8-18(13-17)26(34)35/h4-14,25H,3,15H2,1-2H3,(H,32,33)(H,34,35)(H2,30,31,40)/t25-/m0/s1. The fourth-order valence-corrected chi connectivity index (χ4v) is 4.25. The highest BCUT2D eigenvalue weighted by Gasteiger charge is 2.32. The van der Waals surface area contributed by atoms with Crippen LogP contribution in [0.3, 0.4) is 0 Å². The Kier molecular flexibility index (Phi) is 8.92. The first-order chi connectivity index (χ1) is 19.3. The average molecular weight is 563 g/mol. The molecule has 0 aliphatic carbocycles. The molecule has 206 valence electrons. The van der Waals surface area contributed by atoms with Gasteiger partial charge in [0.25, 0.3) is 5.91 Å². The molecule has 0 spiro atoms. The first-order valence-corrected chi connectivity index (χ1v) is 12.6. The number of hydrogen-bond acceptors (Lipinski definition) is 8. The van der Waals surface area contributed by atoms with Gasteiger partial charge in [-0.2, -0.15) is 5.10 Å². The van der Waals surface area contributed by atoms with Crippen LogP contribution in [0, 0.1) is 0 Å². The number of carbonyl (C=O) groups excluding carboxylic acids is 2. The van der Waals surface area contributed by atoms with E-state index in [2.05, 4.69) is 21.2 Å². The van der Waals surface area contributed by atoms with E-state index < -0.39 is 23.9 Å². The summed E-state index contributed by atoms with van der Waals surface area (Å²) in [5.74, 6) is -0.887. The number of thiocarbonyl (C=S) groups is 1. The molecule has 0 saturated carbocycles.